The number of carbonyl (C=O) groups is 1. The standard InChI is InChI=1S/C21H23FO3/c1-2-19(24)18-12-11-17(20(22)21(18)25)15-5-3-13(4-6-15)14-7-9-16(23)10-8-14/h3-6,11-12,14,16,23,25H,2,7-10H2,1H3. The van der Waals surface area contributed by atoms with Gasteiger partial charge in [0.2, 0.25) is 0 Å². The number of aromatic hydroxyl groups is 1. The van der Waals surface area contributed by atoms with Gasteiger partial charge in [0.1, 0.15) is 0 Å². The summed E-state index contributed by atoms with van der Waals surface area (Å²) in [7, 11) is 0. The Balaban J connectivity index is 1.85. The molecule has 0 spiro atoms. The van der Waals surface area contributed by atoms with Gasteiger partial charge < -0.3 is 10.2 Å². The molecule has 4 heteroatoms. The molecule has 0 heterocycles. The number of hydrogen-bond acceptors (Lipinski definition) is 3. The Kier molecular flexibility index (Phi) is 5.19. The van der Waals surface area contributed by atoms with Crippen LogP contribution in [0.15, 0.2) is 36.4 Å². The number of aliphatic hydroxyl groups is 1. The lowest BCUT2D eigenvalue weighted by Gasteiger charge is -2.25. The molecule has 3 rings (SSSR count). The highest BCUT2D eigenvalue weighted by Crippen LogP contribution is 2.36. The van der Waals surface area contributed by atoms with E-state index in [1.54, 1.807) is 13.0 Å². The normalized spacial score (nSPS) is 20.4. The Morgan fingerprint density at radius 3 is 2.32 bits per heavy atom. The molecule has 25 heavy (non-hydrogen) atoms. The molecule has 3 nitrogen and oxygen atoms in total. The molecule has 2 aromatic carbocycles. The summed E-state index contributed by atoms with van der Waals surface area (Å²) >= 11 is 0. The second-order valence-corrected chi connectivity index (χ2v) is 6.73. The summed E-state index contributed by atoms with van der Waals surface area (Å²) in [6, 6.07) is 10.7. The fourth-order valence-electron chi connectivity index (χ4n) is 3.55. The van der Waals surface area contributed by atoms with Crippen molar-refractivity contribution in [2.45, 2.75) is 51.0 Å². The summed E-state index contributed by atoms with van der Waals surface area (Å²) in [6.45, 7) is 1.68. The molecule has 0 unspecified atom stereocenters. The molecule has 0 aliphatic heterocycles. The Labute approximate surface area is 147 Å². The monoisotopic (exact) mass is 342 g/mol. The summed E-state index contributed by atoms with van der Waals surface area (Å²) < 4.78 is 14.5. The molecular formula is C21H23FO3. The van der Waals surface area contributed by atoms with Crippen molar-refractivity contribution in [3.8, 4) is 16.9 Å². The summed E-state index contributed by atoms with van der Waals surface area (Å²) in [5, 5.41) is 19.6. The van der Waals surface area contributed by atoms with Crippen LogP contribution in [0.2, 0.25) is 0 Å². The molecule has 1 aliphatic rings. The lowest BCUT2D eigenvalue weighted by atomic mass is 9.82. The molecule has 1 fully saturated rings. The van der Waals surface area contributed by atoms with Gasteiger partial charge in [0.15, 0.2) is 17.3 Å². The molecule has 1 saturated carbocycles. The summed E-state index contributed by atoms with van der Waals surface area (Å²) in [4.78, 5) is 11.7. The second kappa shape index (κ2) is 7.36. The average molecular weight is 342 g/mol. The Hall–Kier alpha value is -2.20. The predicted octanol–water partition coefficient (Wildman–Crippen LogP) is 4.81. The Bertz CT molecular complexity index is 759. The highest BCUT2D eigenvalue weighted by atomic mass is 19.1. The van der Waals surface area contributed by atoms with Gasteiger partial charge in [0, 0.05) is 12.0 Å². The second-order valence-electron chi connectivity index (χ2n) is 6.73. The lowest BCUT2D eigenvalue weighted by Crippen LogP contribution is -2.16. The van der Waals surface area contributed by atoms with E-state index in [-0.39, 0.29) is 29.4 Å². The third-order valence-corrected chi connectivity index (χ3v) is 5.13. The van der Waals surface area contributed by atoms with Crippen LogP contribution in [0, 0.1) is 5.82 Å². The van der Waals surface area contributed by atoms with Crippen molar-refractivity contribution in [3.63, 3.8) is 0 Å². The molecular weight excluding hydrogens is 319 g/mol. The van der Waals surface area contributed by atoms with Crippen molar-refractivity contribution in [2.24, 2.45) is 0 Å². The first-order chi connectivity index (χ1) is 12.0. The molecule has 2 aromatic rings. The van der Waals surface area contributed by atoms with E-state index in [9.17, 15) is 19.4 Å². The predicted molar refractivity (Wildman–Crippen MR) is 95.3 cm³/mol. The first-order valence-corrected chi connectivity index (χ1v) is 8.84. The zero-order valence-electron chi connectivity index (χ0n) is 14.3. The average Bonchev–Trinajstić information content (AvgIpc) is 2.64. The van der Waals surface area contributed by atoms with Gasteiger partial charge in [-0.1, -0.05) is 37.3 Å². The van der Waals surface area contributed by atoms with Crippen molar-refractivity contribution in [3.05, 3.63) is 53.3 Å². The molecule has 132 valence electrons. The highest BCUT2D eigenvalue weighted by molar-refractivity contribution is 5.99. The van der Waals surface area contributed by atoms with Gasteiger partial charge in [-0.3, -0.25) is 4.79 Å². The van der Waals surface area contributed by atoms with Crippen LogP contribution >= 0.6 is 0 Å². The van der Waals surface area contributed by atoms with Gasteiger partial charge in [-0.15, -0.1) is 0 Å². The van der Waals surface area contributed by atoms with Gasteiger partial charge in [-0.25, -0.2) is 4.39 Å². The summed E-state index contributed by atoms with van der Waals surface area (Å²) in [6.07, 6.45) is 3.60. The minimum absolute atomic E-state index is 0.0288. The molecule has 0 radical (unpaired) electrons. The molecule has 0 bridgehead atoms. The van der Waals surface area contributed by atoms with Crippen LogP contribution in [-0.2, 0) is 0 Å². The molecule has 0 amide bonds. The smallest absolute Gasteiger partial charge is 0.173 e. The van der Waals surface area contributed by atoms with Gasteiger partial charge >= 0.3 is 0 Å². The maximum Gasteiger partial charge on any atom is 0.173 e. The SMILES string of the molecule is CCC(=O)c1ccc(-c2ccc(C3CCC(O)CC3)cc2)c(F)c1O. The number of rotatable bonds is 4. The van der Waals surface area contributed by atoms with E-state index in [4.69, 9.17) is 0 Å². The van der Waals surface area contributed by atoms with Gasteiger partial charge in [0.25, 0.3) is 0 Å². The van der Waals surface area contributed by atoms with Crippen molar-refractivity contribution in [1.29, 1.82) is 0 Å². The minimum Gasteiger partial charge on any atom is -0.504 e. The maximum atomic E-state index is 14.5. The highest BCUT2D eigenvalue weighted by Gasteiger charge is 2.21. The lowest BCUT2D eigenvalue weighted by molar-refractivity contribution is 0.0984. The number of carbonyl (C=O) groups excluding carboxylic acids is 1. The van der Waals surface area contributed by atoms with Crippen LogP contribution in [0.25, 0.3) is 11.1 Å². The Morgan fingerprint density at radius 2 is 1.72 bits per heavy atom. The maximum absolute atomic E-state index is 14.5. The number of benzene rings is 2. The Morgan fingerprint density at radius 1 is 1.08 bits per heavy atom. The van der Waals surface area contributed by atoms with E-state index >= 15 is 0 Å². The minimum atomic E-state index is -0.757. The quantitative estimate of drug-likeness (QED) is 0.784. The van der Waals surface area contributed by atoms with Crippen molar-refractivity contribution >= 4 is 5.78 Å². The van der Waals surface area contributed by atoms with Gasteiger partial charge in [-0.2, -0.15) is 0 Å². The molecule has 0 atom stereocenters. The number of ketones is 1. The van der Waals surface area contributed by atoms with E-state index in [1.165, 1.54) is 11.6 Å². The van der Waals surface area contributed by atoms with E-state index in [1.807, 2.05) is 24.3 Å². The van der Waals surface area contributed by atoms with Crippen LogP contribution in [-0.4, -0.2) is 22.1 Å². The summed E-state index contributed by atoms with van der Waals surface area (Å²) in [5.74, 6) is -1.18. The topological polar surface area (TPSA) is 57.5 Å². The number of halogens is 1. The van der Waals surface area contributed by atoms with E-state index in [0.717, 1.165) is 25.7 Å². The largest absolute Gasteiger partial charge is 0.504 e. The number of phenolic OH excluding ortho intramolecular Hbond substituents is 1. The van der Waals surface area contributed by atoms with Gasteiger partial charge in [0.05, 0.1) is 11.7 Å². The fourth-order valence-corrected chi connectivity index (χ4v) is 3.55. The third-order valence-electron chi connectivity index (χ3n) is 5.13. The van der Waals surface area contributed by atoms with Crippen molar-refractivity contribution in [1.82, 2.24) is 0 Å². The van der Waals surface area contributed by atoms with E-state index in [0.29, 0.717) is 11.5 Å². The van der Waals surface area contributed by atoms with Crippen LogP contribution in [0.4, 0.5) is 4.39 Å². The molecule has 2 N–H and O–H groups in total. The first kappa shape index (κ1) is 17.6. The first-order valence-electron chi connectivity index (χ1n) is 8.84. The van der Waals surface area contributed by atoms with E-state index in [2.05, 4.69) is 0 Å². The number of phenols is 1. The van der Waals surface area contributed by atoms with Crippen LogP contribution in [0.5, 0.6) is 5.75 Å². The van der Waals surface area contributed by atoms with Crippen LogP contribution in [0.1, 0.15) is 60.9 Å². The number of aliphatic hydroxyl groups excluding tert-OH is 1. The number of hydrogen-bond donors (Lipinski definition) is 2. The molecule has 0 saturated heterocycles. The summed E-state index contributed by atoms with van der Waals surface area (Å²) in [5.41, 5.74) is 2.18. The zero-order chi connectivity index (χ0) is 18.0. The van der Waals surface area contributed by atoms with Crippen molar-refractivity contribution < 1.29 is 19.4 Å². The third kappa shape index (κ3) is 3.59. The van der Waals surface area contributed by atoms with Crippen LogP contribution < -0.4 is 0 Å². The van der Waals surface area contributed by atoms with Gasteiger partial charge in [-0.05, 0) is 48.8 Å². The zero-order valence-corrected chi connectivity index (χ0v) is 14.3. The van der Waals surface area contributed by atoms with E-state index < -0.39 is 11.6 Å². The van der Waals surface area contributed by atoms with Crippen molar-refractivity contribution in [2.75, 3.05) is 0 Å². The number of Topliss-reactive ketones (excluding diaryl/α,β-unsaturated/α-hetero) is 1. The molecule has 0 aromatic heterocycles. The fraction of sp³-hybridized carbons (Fsp3) is 0.381. The molecule has 1 aliphatic carbocycles. The van der Waals surface area contributed by atoms with Crippen LogP contribution in [0.3, 0.4) is 0 Å².